The molecule has 3 aromatic heterocycles. The summed E-state index contributed by atoms with van der Waals surface area (Å²) in [4.78, 5) is 24.0. The lowest BCUT2D eigenvalue weighted by molar-refractivity contribution is 0.0705. The van der Waals surface area contributed by atoms with Gasteiger partial charge in [0.25, 0.3) is 5.91 Å². The number of rotatable bonds is 5. The lowest BCUT2D eigenvalue weighted by Crippen LogP contribution is -2.38. The molecule has 0 aromatic carbocycles. The van der Waals surface area contributed by atoms with Gasteiger partial charge < -0.3 is 15.4 Å². The first-order valence-electron chi connectivity index (χ1n) is 11.0. The molecule has 0 spiro atoms. The molecule has 8 nitrogen and oxygen atoms in total. The molecule has 1 aliphatic heterocycles. The molecule has 2 N–H and O–H groups in total. The van der Waals surface area contributed by atoms with Gasteiger partial charge >= 0.3 is 0 Å². The van der Waals surface area contributed by atoms with E-state index in [1.807, 2.05) is 23.2 Å². The average molecular weight is 431 g/mol. The van der Waals surface area contributed by atoms with Gasteiger partial charge in [-0.1, -0.05) is 6.07 Å². The summed E-state index contributed by atoms with van der Waals surface area (Å²) in [6.07, 6.45) is 7.67. The number of anilines is 1. The molecule has 0 unspecified atom stereocenters. The van der Waals surface area contributed by atoms with Crippen molar-refractivity contribution in [3.05, 3.63) is 59.8 Å². The molecule has 0 bridgehead atoms. The number of ether oxygens (including phenoxy) is 1. The molecule has 1 saturated carbocycles. The summed E-state index contributed by atoms with van der Waals surface area (Å²) in [6.45, 7) is 1.29. The van der Waals surface area contributed by atoms with E-state index in [4.69, 9.17) is 10.5 Å². The van der Waals surface area contributed by atoms with Gasteiger partial charge in [-0.3, -0.25) is 14.8 Å². The Bertz CT molecular complexity index is 1100. The van der Waals surface area contributed by atoms with Crippen molar-refractivity contribution in [2.45, 2.75) is 37.5 Å². The molecule has 2 aliphatic rings. The zero-order chi connectivity index (χ0) is 22.1. The second kappa shape index (κ2) is 8.53. The molecule has 1 aliphatic carbocycles. The molecular weight excluding hydrogens is 404 g/mol. The third kappa shape index (κ3) is 4.12. The number of aromatic nitrogens is 4. The largest absolute Gasteiger partial charge is 0.496 e. The van der Waals surface area contributed by atoms with E-state index >= 15 is 0 Å². The number of hydrogen-bond donors (Lipinski definition) is 1. The Morgan fingerprint density at radius 1 is 0.969 bits per heavy atom. The molecule has 0 atom stereocenters. The second-order valence-electron chi connectivity index (χ2n) is 8.47. The fraction of sp³-hybridized carbons (Fsp3) is 0.375. The summed E-state index contributed by atoms with van der Waals surface area (Å²) in [5, 5.41) is 8.14. The highest BCUT2D eigenvalue weighted by Crippen LogP contribution is 2.39. The minimum absolute atomic E-state index is 0.0844. The zero-order valence-electron chi connectivity index (χ0n) is 18.1. The van der Waals surface area contributed by atoms with Gasteiger partial charge in [0.15, 0.2) is 0 Å². The van der Waals surface area contributed by atoms with E-state index in [1.165, 1.54) is 12.8 Å². The van der Waals surface area contributed by atoms with E-state index in [9.17, 15) is 4.79 Å². The van der Waals surface area contributed by atoms with E-state index in [-0.39, 0.29) is 11.8 Å². The maximum atomic E-state index is 13.1. The number of pyridine rings is 2. The van der Waals surface area contributed by atoms with Crippen LogP contribution in [-0.4, -0.2) is 51.2 Å². The van der Waals surface area contributed by atoms with Gasteiger partial charge in [0.05, 0.1) is 12.8 Å². The summed E-state index contributed by atoms with van der Waals surface area (Å²) in [7, 11) is 1.61. The van der Waals surface area contributed by atoms with Crippen LogP contribution in [0.5, 0.6) is 5.75 Å². The minimum Gasteiger partial charge on any atom is -0.496 e. The minimum atomic E-state index is -0.0844. The molecule has 5 rings (SSSR count). The summed E-state index contributed by atoms with van der Waals surface area (Å²) >= 11 is 0. The van der Waals surface area contributed by atoms with Crippen molar-refractivity contribution < 1.29 is 9.53 Å². The number of likely N-dealkylation sites (tertiary alicyclic amines) is 1. The number of piperidine rings is 1. The van der Waals surface area contributed by atoms with Gasteiger partial charge in [0.1, 0.15) is 17.3 Å². The Hall–Kier alpha value is -3.55. The number of nitrogen functional groups attached to an aromatic ring is 1. The Kier molecular flexibility index (Phi) is 5.43. The molecule has 8 heteroatoms. The molecule has 164 valence electrons. The van der Waals surface area contributed by atoms with Crippen LogP contribution < -0.4 is 10.5 Å². The summed E-state index contributed by atoms with van der Waals surface area (Å²) in [5.74, 6) is 1.85. The van der Waals surface area contributed by atoms with E-state index in [0.29, 0.717) is 36.3 Å². The predicted molar refractivity (Wildman–Crippen MR) is 120 cm³/mol. The monoisotopic (exact) mass is 430 g/mol. The molecule has 1 amide bonds. The van der Waals surface area contributed by atoms with Gasteiger partial charge in [0.2, 0.25) is 0 Å². The van der Waals surface area contributed by atoms with Crippen molar-refractivity contribution in [3.63, 3.8) is 0 Å². The van der Waals surface area contributed by atoms with Gasteiger partial charge in [-0.15, -0.1) is 5.10 Å². The van der Waals surface area contributed by atoms with Crippen LogP contribution in [-0.2, 0) is 0 Å². The zero-order valence-corrected chi connectivity index (χ0v) is 18.1. The topological polar surface area (TPSA) is 107 Å². The lowest BCUT2D eigenvalue weighted by atomic mass is 9.93. The number of nitrogens with two attached hydrogens (primary N) is 1. The molecule has 2 fully saturated rings. The standard InChI is InChI=1S/C24H26N6O2/c1-32-22-12-21(27-14-18(22)17-4-5-19(26-13-17)15-2-3-15)24(31)30-10-8-16(9-11-30)20-6-7-23(25)29-28-20/h4-7,12-16H,2-3,8-11H2,1H3,(H2,25,29). The highest BCUT2D eigenvalue weighted by molar-refractivity contribution is 5.93. The Morgan fingerprint density at radius 2 is 1.72 bits per heavy atom. The van der Waals surface area contributed by atoms with Crippen LogP contribution in [0, 0.1) is 0 Å². The van der Waals surface area contributed by atoms with Crippen LogP contribution in [0.3, 0.4) is 0 Å². The molecule has 3 aromatic rings. The first kappa shape index (κ1) is 20.4. The third-order valence-corrected chi connectivity index (χ3v) is 6.30. The van der Waals surface area contributed by atoms with Crippen LogP contribution in [0.15, 0.2) is 42.7 Å². The molecule has 0 radical (unpaired) electrons. The van der Waals surface area contributed by atoms with Crippen LogP contribution in [0.2, 0.25) is 0 Å². The number of amides is 1. The highest BCUT2D eigenvalue weighted by atomic mass is 16.5. The Labute approximate surface area is 186 Å². The fourth-order valence-electron chi connectivity index (χ4n) is 4.24. The van der Waals surface area contributed by atoms with Crippen molar-refractivity contribution in [1.29, 1.82) is 0 Å². The van der Waals surface area contributed by atoms with Gasteiger partial charge in [-0.2, -0.15) is 5.10 Å². The Morgan fingerprint density at radius 3 is 2.34 bits per heavy atom. The number of hydrogen-bond acceptors (Lipinski definition) is 7. The first-order chi connectivity index (χ1) is 15.6. The number of methoxy groups -OCH3 is 1. The van der Waals surface area contributed by atoms with Crippen molar-refractivity contribution in [2.24, 2.45) is 0 Å². The maximum Gasteiger partial charge on any atom is 0.272 e. The van der Waals surface area contributed by atoms with Crippen LogP contribution in [0.25, 0.3) is 11.1 Å². The van der Waals surface area contributed by atoms with Crippen molar-refractivity contribution >= 4 is 11.7 Å². The third-order valence-electron chi connectivity index (χ3n) is 6.30. The van der Waals surface area contributed by atoms with Crippen molar-refractivity contribution in [1.82, 2.24) is 25.1 Å². The second-order valence-corrected chi connectivity index (χ2v) is 8.47. The average Bonchev–Trinajstić information content (AvgIpc) is 3.70. The first-order valence-corrected chi connectivity index (χ1v) is 11.0. The molecular formula is C24H26N6O2. The van der Waals surface area contributed by atoms with Crippen LogP contribution >= 0.6 is 0 Å². The SMILES string of the molecule is COc1cc(C(=O)N2CCC(c3ccc(N)nn3)CC2)ncc1-c1ccc(C2CC2)nc1. The summed E-state index contributed by atoms with van der Waals surface area (Å²) < 4.78 is 5.59. The maximum absolute atomic E-state index is 13.1. The van der Waals surface area contributed by atoms with Crippen LogP contribution in [0.1, 0.15) is 59.4 Å². The lowest BCUT2D eigenvalue weighted by Gasteiger charge is -2.31. The van der Waals surface area contributed by atoms with Crippen molar-refractivity contribution in [3.8, 4) is 16.9 Å². The summed E-state index contributed by atoms with van der Waals surface area (Å²) in [5.41, 5.74) is 9.85. The molecule has 1 saturated heterocycles. The normalized spacial score (nSPS) is 16.7. The number of nitrogens with zero attached hydrogens (tertiary/aromatic N) is 5. The highest BCUT2D eigenvalue weighted by Gasteiger charge is 2.27. The molecule has 4 heterocycles. The van der Waals surface area contributed by atoms with Crippen LogP contribution in [0.4, 0.5) is 5.82 Å². The number of carbonyl (C=O) groups excluding carboxylic acids is 1. The van der Waals surface area contributed by atoms with E-state index < -0.39 is 0 Å². The van der Waals surface area contributed by atoms with Gasteiger partial charge in [0, 0.05) is 60.2 Å². The quantitative estimate of drug-likeness (QED) is 0.661. The van der Waals surface area contributed by atoms with E-state index in [2.05, 4.69) is 26.2 Å². The van der Waals surface area contributed by atoms with Gasteiger partial charge in [-0.25, -0.2) is 0 Å². The summed E-state index contributed by atoms with van der Waals surface area (Å²) in [6, 6.07) is 9.53. The van der Waals surface area contributed by atoms with E-state index in [0.717, 1.165) is 35.4 Å². The van der Waals surface area contributed by atoms with Gasteiger partial charge in [-0.05, 0) is 43.9 Å². The fourth-order valence-corrected chi connectivity index (χ4v) is 4.24. The molecule has 32 heavy (non-hydrogen) atoms. The Balaban J connectivity index is 1.28. The predicted octanol–water partition coefficient (Wildman–Crippen LogP) is 3.42. The number of carbonyl (C=O) groups is 1. The van der Waals surface area contributed by atoms with Crippen molar-refractivity contribution in [2.75, 3.05) is 25.9 Å². The smallest absolute Gasteiger partial charge is 0.272 e. The van der Waals surface area contributed by atoms with E-state index in [1.54, 1.807) is 25.4 Å².